The van der Waals surface area contributed by atoms with Gasteiger partial charge in [-0.1, -0.05) is 18.7 Å². The number of nitrogens with one attached hydrogen (secondary N) is 1. The maximum absolute atomic E-state index is 13.7. The van der Waals surface area contributed by atoms with Gasteiger partial charge in [-0.25, -0.2) is 8.78 Å². The van der Waals surface area contributed by atoms with E-state index in [4.69, 9.17) is 0 Å². The summed E-state index contributed by atoms with van der Waals surface area (Å²) in [7, 11) is 0. The Bertz CT molecular complexity index is 470. The number of nitrogens with zero attached hydrogens (tertiary/aromatic N) is 1. The summed E-state index contributed by atoms with van der Waals surface area (Å²) in [4.78, 5) is 4.42. The summed E-state index contributed by atoms with van der Waals surface area (Å²) in [5.41, 5.74) is 0.226. The fourth-order valence-electron chi connectivity index (χ4n) is 1.83. The molecular formula is C12H13BrF2N2S. The molecule has 1 aliphatic heterocycles. The van der Waals surface area contributed by atoms with E-state index in [1.807, 2.05) is 6.92 Å². The van der Waals surface area contributed by atoms with Gasteiger partial charge in [-0.05, 0) is 35.3 Å². The molecule has 2 rings (SSSR count). The van der Waals surface area contributed by atoms with E-state index in [0.717, 1.165) is 12.5 Å². The van der Waals surface area contributed by atoms with Crippen LogP contribution < -0.4 is 5.32 Å². The molecule has 1 aromatic carbocycles. The number of aliphatic imine (C=N–C) groups is 1. The van der Waals surface area contributed by atoms with Gasteiger partial charge < -0.3 is 5.32 Å². The number of amidine groups is 1. The number of rotatable bonds is 1. The smallest absolute Gasteiger partial charge is 0.161 e. The minimum Gasteiger partial charge on any atom is -0.332 e. The van der Waals surface area contributed by atoms with Gasteiger partial charge in [0.1, 0.15) is 5.82 Å². The van der Waals surface area contributed by atoms with E-state index in [1.165, 1.54) is 6.07 Å². The summed E-state index contributed by atoms with van der Waals surface area (Å²) in [6.45, 7) is 4.13. The molecule has 0 radical (unpaired) electrons. The van der Waals surface area contributed by atoms with Gasteiger partial charge in [0, 0.05) is 15.8 Å². The first-order valence-corrected chi connectivity index (χ1v) is 7.29. The number of hydrogen-bond acceptors (Lipinski definition) is 3. The molecule has 0 aromatic heterocycles. The van der Waals surface area contributed by atoms with Gasteiger partial charge in [0.2, 0.25) is 0 Å². The lowest BCUT2D eigenvalue weighted by molar-refractivity contribution is 0.584. The van der Waals surface area contributed by atoms with Gasteiger partial charge in [-0.15, -0.1) is 0 Å². The largest absolute Gasteiger partial charge is 0.332 e. The highest BCUT2D eigenvalue weighted by Crippen LogP contribution is 2.31. The second kappa shape index (κ2) is 5.57. The number of hydrogen-bond donors (Lipinski definition) is 1. The molecule has 0 spiro atoms. The van der Waals surface area contributed by atoms with E-state index in [0.29, 0.717) is 14.9 Å². The standard InChI is InChI=1S/C12H13BrF2N2S/c1-6-3-7(2)18-12(16-6)17-11-9(13)4-8(14)5-10(11)15/h4-7H,3H2,1-2H3,(H,16,17). The van der Waals surface area contributed by atoms with Gasteiger partial charge in [-0.3, -0.25) is 4.99 Å². The third-order valence-corrected chi connectivity index (χ3v) is 4.21. The number of benzene rings is 1. The van der Waals surface area contributed by atoms with Crippen molar-refractivity contribution in [2.24, 2.45) is 4.99 Å². The second-order valence-corrected chi connectivity index (χ2v) is 6.60. The normalized spacial score (nSPS) is 23.7. The molecule has 1 heterocycles. The zero-order valence-electron chi connectivity index (χ0n) is 10.0. The molecule has 1 aliphatic rings. The van der Waals surface area contributed by atoms with Crippen molar-refractivity contribution < 1.29 is 8.78 Å². The SMILES string of the molecule is CC1CC(C)SC(Nc2c(F)cc(F)cc2Br)=N1. The maximum atomic E-state index is 13.7. The summed E-state index contributed by atoms with van der Waals surface area (Å²) in [5.74, 6) is -1.24. The Morgan fingerprint density at radius 3 is 2.72 bits per heavy atom. The molecule has 2 unspecified atom stereocenters. The molecule has 2 nitrogen and oxygen atoms in total. The molecule has 2 atom stereocenters. The van der Waals surface area contributed by atoms with Crippen molar-refractivity contribution in [2.75, 3.05) is 5.32 Å². The minimum atomic E-state index is -0.629. The highest BCUT2D eigenvalue weighted by Gasteiger charge is 2.20. The molecule has 0 fully saturated rings. The average molecular weight is 335 g/mol. The second-order valence-electron chi connectivity index (χ2n) is 4.32. The van der Waals surface area contributed by atoms with Crippen molar-refractivity contribution in [3.8, 4) is 0 Å². The van der Waals surface area contributed by atoms with Crippen LogP contribution >= 0.6 is 27.7 Å². The lowest BCUT2D eigenvalue weighted by atomic mass is 10.2. The number of halogens is 3. The molecule has 6 heteroatoms. The van der Waals surface area contributed by atoms with Crippen molar-refractivity contribution >= 4 is 38.5 Å². The highest BCUT2D eigenvalue weighted by atomic mass is 79.9. The van der Waals surface area contributed by atoms with Crippen molar-refractivity contribution in [1.29, 1.82) is 0 Å². The predicted octanol–water partition coefficient (Wildman–Crippen LogP) is 4.41. The van der Waals surface area contributed by atoms with Crippen LogP contribution in [-0.4, -0.2) is 16.5 Å². The molecule has 0 bridgehead atoms. The number of thioether (sulfide) groups is 1. The van der Waals surface area contributed by atoms with Gasteiger partial charge in [0.15, 0.2) is 11.0 Å². The van der Waals surface area contributed by atoms with Crippen LogP contribution in [0.5, 0.6) is 0 Å². The molecule has 0 saturated carbocycles. The van der Waals surface area contributed by atoms with Crippen molar-refractivity contribution in [3.05, 3.63) is 28.2 Å². The fourth-order valence-corrected chi connectivity index (χ4v) is 3.50. The van der Waals surface area contributed by atoms with E-state index in [-0.39, 0.29) is 11.7 Å². The maximum Gasteiger partial charge on any atom is 0.161 e. The van der Waals surface area contributed by atoms with E-state index < -0.39 is 11.6 Å². The van der Waals surface area contributed by atoms with Crippen molar-refractivity contribution in [2.45, 2.75) is 31.6 Å². The van der Waals surface area contributed by atoms with E-state index in [1.54, 1.807) is 11.8 Å². The Labute approximate surface area is 117 Å². The molecule has 98 valence electrons. The topological polar surface area (TPSA) is 24.4 Å². The van der Waals surface area contributed by atoms with Crippen LogP contribution in [0.4, 0.5) is 14.5 Å². The molecule has 18 heavy (non-hydrogen) atoms. The van der Waals surface area contributed by atoms with Crippen LogP contribution in [0.1, 0.15) is 20.3 Å². The van der Waals surface area contributed by atoms with Gasteiger partial charge in [0.05, 0.1) is 11.7 Å². The zero-order valence-corrected chi connectivity index (χ0v) is 12.4. The van der Waals surface area contributed by atoms with Crippen LogP contribution in [0, 0.1) is 11.6 Å². The Hall–Kier alpha value is -0.620. The Morgan fingerprint density at radius 1 is 1.39 bits per heavy atom. The molecular weight excluding hydrogens is 322 g/mol. The van der Waals surface area contributed by atoms with Gasteiger partial charge in [0.25, 0.3) is 0 Å². The fraction of sp³-hybridized carbons (Fsp3) is 0.417. The highest BCUT2D eigenvalue weighted by molar-refractivity contribution is 9.10. The molecule has 1 aromatic rings. The first kappa shape index (κ1) is 13.8. The average Bonchev–Trinajstić information content (AvgIpc) is 2.22. The third kappa shape index (κ3) is 3.23. The zero-order chi connectivity index (χ0) is 13.3. The molecule has 0 aliphatic carbocycles. The van der Waals surface area contributed by atoms with E-state index >= 15 is 0 Å². The van der Waals surface area contributed by atoms with Crippen LogP contribution in [0.25, 0.3) is 0 Å². The monoisotopic (exact) mass is 334 g/mol. The van der Waals surface area contributed by atoms with Crippen LogP contribution in [-0.2, 0) is 0 Å². The summed E-state index contributed by atoms with van der Waals surface area (Å²) in [6.07, 6.45) is 1.00. The van der Waals surface area contributed by atoms with Crippen LogP contribution in [0.15, 0.2) is 21.6 Å². The third-order valence-electron chi connectivity index (χ3n) is 2.56. The van der Waals surface area contributed by atoms with Crippen molar-refractivity contribution in [3.63, 3.8) is 0 Å². The number of anilines is 1. The van der Waals surface area contributed by atoms with E-state index in [2.05, 4.69) is 33.2 Å². The lowest BCUT2D eigenvalue weighted by Crippen LogP contribution is -2.23. The van der Waals surface area contributed by atoms with Gasteiger partial charge in [-0.2, -0.15) is 0 Å². The first-order valence-electron chi connectivity index (χ1n) is 5.61. The van der Waals surface area contributed by atoms with E-state index in [9.17, 15) is 8.78 Å². The summed E-state index contributed by atoms with van der Waals surface area (Å²) in [6, 6.07) is 2.30. The Morgan fingerprint density at radius 2 is 2.11 bits per heavy atom. The minimum absolute atomic E-state index is 0.214. The lowest BCUT2D eigenvalue weighted by Gasteiger charge is -2.23. The Balaban J connectivity index is 2.24. The quantitative estimate of drug-likeness (QED) is 0.822. The summed E-state index contributed by atoms with van der Waals surface area (Å²) in [5, 5.41) is 4.04. The summed E-state index contributed by atoms with van der Waals surface area (Å²) >= 11 is 4.71. The molecule has 0 amide bonds. The van der Waals surface area contributed by atoms with Crippen LogP contribution in [0.2, 0.25) is 0 Å². The first-order chi connectivity index (χ1) is 8.45. The molecule has 1 N–H and O–H groups in total. The van der Waals surface area contributed by atoms with Crippen LogP contribution in [0.3, 0.4) is 0 Å². The van der Waals surface area contributed by atoms with Gasteiger partial charge >= 0.3 is 0 Å². The molecule has 0 saturated heterocycles. The Kier molecular flexibility index (Phi) is 4.27. The van der Waals surface area contributed by atoms with Crippen molar-refractivity contribution in [1.82, 2.24) is 0 Å². The summed E-state index contributed by atoms with van der Waals surface area (Å²) < 4.78 is 27.0. The predicted molar refractivity (Wildman–Crippen MR) is 76.2 cm³/mol.